The van der Waals surface area contributed by atoms with Gasteiger partial charge in [0, 0.05) is 28.8 Å². The predicted molar refractivity (Wildman–Crippen MR) is 97.8 cm³/mol. The Morgan fingerprint density at radius 1 is 1.26 bits per heavy atom. The Labute approximate surface area is 147 Å². The monoisotopic (exact) mass is 425 g/mol. The molecule has 2 aromatic carbocycles. The second kappa shape index (κ2) is 7.91. The minimum absolute atomic E-state index is 0.0658. The molecule has 1 amide bonds. The first kappa shape index (κ1) is 17.2. The number of rotatable bonds is 6. The van der Waals surface area contributed by atoms with Crippen molar-refractivity contribution in [1.29, 1.82) is 0 Å². The zero-order chi connectivity index (χ0) is 16.8. The average Bonchev–Trinajstić information content (AvgIpc) is 2.55. The summed E-state index contributed by atoms with van der Waals surface area (Å²) in [4.78, 5) is 22.3. The Hall–Kier alpha value is -2.16. The number of hydrogen-bond acceptors (Lipinski definition) is 4. The van der Waals surface area contributed by atoms with Crippen LogP contribution in [0.15, 0.2) is 42.5 Å². The van der Waals surface area contributed by atoms with Gasteiger partial charge in [0.05, 0.1) is 4.92 Å². The normalized spacial score (nSPS) is 10.2. The molecular weight excluding hydrogens is 409 g/mol. The molecule has 0 unspecified atom stereocenters. The number of amides is 1. The lowest BCUT2D eigenvalue weighted by Gasteiger charge is -2.08. The number of carbonyl (C=O) groups is 1. The van der Waals surface area contributed by atoms with Crippen molar-refractivity contribution in [3.63, 3.8) is 0 Å². The van der Waals surface area contributed by atoms with Gasteiger partial charge in [0.25, 0.3) is 11.6 Å². The van der Waals surface area contributed by atoms with Gasteiger partial charge in [-0.15, -0.1) is 0 Å². The predicted octanol–water partition coefficient (Wildman–Crippen LogP) is 3.21. The smallest absolute Gasteiger partial charge is 0.293 e. The molecule has 0 aliphatic carbocycles. The number of carbonyl (C=O) groups excluding carboxylic acids is 1. The molecule has 0 radical (unpaired) electrons. The summed E-state index contributed by atoms with van der Waals surface area (Å²) in [6.07, 6.45) is 0.661. The molecule has 2 rings (SSSR count). The van der Waals surface area contributed by atoms with Crippen LogP contribution >= 0.6 is 22.6 Å². The van der Waals surface area contributed by atoms with Crippen molar-refractivity contribution in [2.75, 3.05) is 18.9 Å². The van der Waals surface area contributed by atoms with Crippen LogP contribution in [0.1, 0.15) is 15.9 Å². The Morgan fingerprint density at radius 2 is 2.04 bits per heavy atom. The maximum Gasteiger partial charge on any atom is 0.293 e. The van der Waals surface area contributed by atoms with E-state index in [1.807, 2.05) is 46.9 Å². The van der Waals surface area contributed by atoms with Crippen molar-refractivity contribution in [3.8, 4) is 0 Å². The van der Waals surface area contributed by atoms with E-state index >= 15 is 0 Å². The topological polar surface area (TPSA) is 84.3 Å². The van der Waals surface area contributed by atoms with Crippen molar-refractivity contribution in [3.05, 3.63) is 67.3 Å². The van der Waals surface area contributed by atoms with Crippen molar-refractivity contribution in [2.45, 2.75) is 6.42 Å². The van der Waals surface area contributed by atoms with Crippen LogP contribution in [0.4, 0.5) is 11.4 Å². The number of nitro benzene ring substituents is 1. The molecule has 0 heterocycles. The van der Waals surface area contributed by atoms with Gasteiger partial charge in [0.1, 0.15) is 5.69 Å². The Bertz CT molecular complexity index is 734. The second-order valence-electron chi connectivity index (χ2n) is 4.87. The molecule has 0 aliphatic heterocycles. The van der Waals surface area contributed by atoms with E-state index in [2.05, 4.69) is 10.6 Å². The molecule has 120 valence electrons. The summed E-state index contributed by atoms with van der Waals surface area (Å²) >= 11 is 2.05. The highest BCUT2D eigenvalue weighted by atomic mass is 127. The van der Waals surface area contributed by atoms with E-state index in [0.29, 0.717) is 24.2 Å². The van der Waals surface area contributed by atoms with Crippen molar-refractivity contribution in [2.24, 2.45) is 0 Å². The quantitative estimate of drug-likeness (QED) is 0.423. The number of nitrogens with one attached hydrogen (secondary N) is 2. The zero-order valence-corrected chi connectivity index (χ0v) is 14.7. The second-order valence-corrected chi connectivity index (χ2v) is 6.12. The lowest BCUT2D eigenvalue weighted by atomic mass is 10.1. The largest absolute Gasteiger partial charge is 0.379 e. The summed E-state index contributed by atoms with van der Waals surface area (Å²) < 4.78 is 0.818. The number of anilines is 1. The maximum absolute atomic E-state index is 11.6. The lowest BCUT2D eigenvalue weighted by Crippen LogP contribution is -2.18. The van der Waals surface area contributed by atoms with E-state index < -0.39 is 4.92 Å². The van der Waals surface area contributed by atoms with Crippen LogP contribution in [0, 0.1) is 13.7 Å². The van der Waals surface area contributed by atoms with Gasteiger partial charge in [-0.1, -0.05) is 12.1 Å². The summed E-state index contributed by atoms with van der Waals surface area (Å²) in [6, 6.07) is 12.4. The van der Waals surface area contributed by atoms with Gasteiger partial charge in [-0.05, 0) is 58.8 Å². The molecule has 0 bridgehead atoms. The summed E-state index contributed by atoms with van der Waals surface area (Å²) in [5.41, 5.74) is 2.16. The summed E-state index contributed by atoms with van der Waals surface area (Å²) in [6.45, 7) is 0.540. The van der Waals surface area contributed by atoms with E-state index in [1.165, 1.54) is 6.07 Å². The summed E-state index contributed by atoms with van der Waals surface area (Å²) in [7, 11) is 1.59. The summed E-state index contributed by atoms with van der Waals surface area (Å²) in [5.74, 6) is -0.131. The fourth-order valence-electron chi connectivity index (χ4n) is 2.16. The third-order valence-electron chi connectivity index (χ3n) is 3.30. The first-order valence-corrected chi connectivity index (χ1v) is 8.08. The first-order valence-electron chi connectivity index (χ1n) is 7.00. The van der Waals surface area contributed by atoms with Gasteiger partial charge in [-0.2, -0.15) is 0 Å². The average molecular weight is 425 g/mol. The number of halogens is 1. The number of nitro groups is 1. The number of benzene rings is 2. The first-order chi connectivity index (χ1) is 11.0. The highest BCUT2D eigenvalue weighted by Gasteiger charge is 2.13. The standard InChI is InChI=1S/C16H16IN3O3/c1-18-16(21)12-4-2-3-11(9-12)7-8-19-14-6-5-13(17)10-15(14)20(22)23/h2-6,9-10,19H,7-8H2,1H3,(H,18,21). The van der Waals surface area contributed by atoms with E-state index in [0.717, 1.165) is 9.13 Å². The van der Waals surface area contributed by atoms with Crippen LogP contribution in [-0.2, 0) is 6.42 Å². The zero-order valence-electron chi connectivity index (χ0n) is 12.5. The molecular formula is C16H16IN3O3. The fraction of sp³-hybridized carbons (Fsp3) is 0.188. The lowest BCUT2D eigenvalue weighted by molar-refractivity contribution is -0.384. The van der Waals surface area contributed by atoms with Crippen molar-refractivity contribution >= 4 is 39.9 Å². The Balaban J connectivity index is 2.03. The Kier molecular flexibility index (Phi) is 5.91. The van der Waals surface area contributed by atoms with Crippen molar-refractivity contribution in [1.82, 2.24) is 5.32 Å². The van der Waals surface area contributed by atoms with Crippen LogP contribution < -0.4 is 10.6 Å². The molecule has 0 atom stereocenters. The summed E-state index contributed by atoms with van der Waals surface area (Å²) in [5, 5.41) is 16.8. The molecule has 23 heavy (non-hydrogen) atoms. The number of hydrogen-bond donors (Lipinski definition) is 2. The van der Waals surface area contributed by atoms with Crippen molar-refractivity contribution < 1.29 is 9.72 Å². The highest BCUT2D eigenvalue weighted by molar-refractivity contribution is 14.1. The van der Waals surface area contributed by atoms with E-state index in [-0.39, 0.29) is 11.6 Å². The van der Waals surface area contributed by atoms with Crippen LogP contribution in [-0.4, -0.2) is 24.4 Å². The van der Waals surface area contributed by atoms with Crippen LogP contribution in [0.3, 0.4) is 0 Å². The molecule has 6 nitrogen and oxygen atoms in total. The van der Waals surface area contributed by atoms with Crippen LogP contribution in [0.25, 0.3) is 0 Å². The third-order valence-corrected chi connectivity index (χ3v) is 3.97. The SMILES string of the molecule is CNC(=O)c1cccc(CCNc2ccc(I)cc2[N+](=O)[O-])c1. The minimum atomic E-state index is -0.392. The molecule has 7 heteroatoms. The van der Waals surface area contributed by atoms with Gasteiger partial charge in [0.15, 0.2) is 0 Å². The van der Waals surface area contributed by atoms with Gasteiger partial charge >= 0.3 is 0 Å². The van der Waals surface area contributed by atoms with E-state index in [9.17, 15) is 14.9 Å². The molecule has 2 aromatic rings. The highest BCUT2D eigenvalue weighted by Crippen LogP contribution is 2.26. The maximum atomic E-state index is 11.6. The molecule has 0 saturated carbocycles. The molecule has 2 N–H and O–H groups in total. The van der Waals surface area contributed by atoms with Crippen LogP contribution in [0.2, 0.25) is 0 Å². The molecule has 0 spiro atoms. The van der Waals surface area contributed by atoms with Gasteiger partial charge in [-0.3, -0.25) is 14.9 Å². The molecule has 0 fully saturated rings. The molecule has 0 saturated heterocycles. The molecule has 0 aliphatic rings. The van der Waals surface area contributed by atoms with Gasteiger partial charge in [0.2, 0.25) is 0 Å². The van der Waals surface area contributed by atoms with E-state index in [1.54, 1.807) is 19.2 Å². The van der Waals surface area contributed by atoms with Gasteiger partial charge in [-0.25, -0.2) is 0 Å². The Morgan fingerprint density at radius 3 is 2.74 bits per heavy atom. The van der Waals surface area contributed by atoms with Crippen LogP contribution in [0.5, 0.6) is 0 Å². The number of nitrogens with zero attached hydrogens (tertiary/aromatic N) is 1. The minimum Gasteiger partial charge on any atom is -0.379 e. The third kappa shape index (κ3) is 4.65. The van der Waals surface area contributed by atoms with Gasteiger partial charge < -0.3 is 10.6 Å². The van der Waals surface area contributed by atoms with E-state index in [4.69, 9.17) is 0 Å². The molecule has 0 aromatic heterocycles. The fourth-order valence-corrected chi connectivity index (χ4v) is 2.63.